The summed E-state index contributed by atoms with van der Waals surface area (Å²) in [6, 6.07) is 8.32. The molecule has 0 saturated heterocycles. The first-order valence-electron chi connectivity index (χ1n) is 6.16. The van der Waals surface area contributed by atoms with Crippen LogP contribution in [0.15, 0.2) is 30.3 Å². The summed E-state index contributed by atoms with van der Waals surface area (Å²) in [5, 5.41) is 0. The van der Waals surface area contributed by atoms with Crippen LogP contribution in [0, 0.1) is 12.8 Å². The van der Waals surface area contributed by atoms with E-state index in [4.69, 9.17) is 4.74 Å². The minimum Gasteiger partial charge on any atom is -0.463 e. The molecule has 1 aliphatic carbocycles. The van der Waals surface area contributed by atoms with Crippen LogP contribution in [0.5, 0.6) is 0 Å². The van der Waals surface area contributed by atoms with Crippen molar-refractivity contribution in [2.75, 3.05) is 6.61 Å². The van der Waals surface area contributed by atoms with Gasteiger partial charge in [-0.05, 0) is 43.7 Å². The fourth-order valence-corrected chi connectivity index (χ4v) is 1.89. The highest BCUT2D eigenvalue weighted by Gasteiger charge is 2.27. The molecule has 1 aromatic rings. The van der Waals surface area contributed by atoms with Crippen molar-refractivity contribution in [3.63, 3.8) is 0 Å². The summed E-state index contributed by atoms with van der Waals surface area (Å²) in [7, 11) is 0. The van der Waals surface area contributed by atoms with Crippen molar-refractivity contribution in [1.82, 2.24) is 0 Å². The molecule has 0 unspecified atom stereocenters. The monoisotopic (exact) mass is 230 g/mol. The van der Waals surface area contributed by atoms with Gasteiger partial charge in [-0.15, -0.1) is 0 Å². The van der Waals surface area contributed by atoms with Gasteiger partial charge in [-0.2, -0.15) is 0 Å². The lowest BCUT2D eigenvalue weighted by atomic mass is 10.00. The molecule has 0 spiro atoms. The normalized spacial score (nSPS) is 15.8. The lowest BCUT2D eigenvalue weighted by Crippen LogP contribution is -2.01. The summed E-state index contributed by atoms with van der Waals surface area (Å²) < 4.78 is 4.98. The van der Waals surface area contributed by atoms with Gasteiger partial charge in [0.05, 0.1) is 6.61 Å². The van der Waals surface area contributed by atoms with E-state index in [-0.39, 0.29) is 5.97 Å². The highest BCUT2D eigenvalue weighted by Crippen LogP contribution is 2.41. The van der Waals surface area contributed by atoms with E-state index in [0.717, 1.165) is 11.1 Å². The lowest BCUT2D eigenvalue weighted by Gasteiger charge is -2.07. The van der Waals surface area contributed by atoms with Gasteiger partial charge in [0, 0.05) is 6.08 Å². The largest absolute Gasteiger partial charge is 0.463 e. The van der Waals surface area contributed by atoms with Crippen LogP contribution in [-0.4, -0.2) is 12.6 Å². The second kappa shape index (κ2) is 5.17. The van der Waals surface area contributed by atoms with Crippen LogP contribution in [0.3, 0.4) is 0 Å². The first-order valence-corrected chi connectivity index (χ1v) is 6.16. The quantitative estimate of drug-likeness (QED) is 0.585. The molecule has 1 aromatic carbocycles. The number of allylic oxidation sites excluding steroid dienone is 1. The second-order valence-corrected chi connectivity index (χ2v) is 4.49. The number of hydrogen-bond acceptors (Lipinski definition) is 2. The van der Waals surface area contributed by atoms with Gasteiger partial charge in [0.25, 0.3) is 0 Å². The predicted molar refractivity (Wildman–Crippen MR) is 68.5 cm³/mol. The Morgan fingerprint density at radius 1 is 1.35 bits per heavy atom. The Balaban J connectivity index is 2.22. The van der Waals surface area contributed by atoms with E-state index in [9.17, 15) is 4.79 Å². The van der Waals surface area contributed by atoms with E-state index in [0.29, 0.717) is 12.5 Å². The highest BCUT2D eigenvalue weighted by atomic mass is 16.5. The molecule has 0 amide bonds. The Kier molecular flexibility index (Phi) is 3.62. The van der Waals surface area contributed by atoms with Crippen LogP contribution in [0.2, 0.25) is 0 Å². The molecular weight excluding hydrogens is 212 g/mol. The summed E-state index contributed by atoms with van der Waals surface area (Å²) in [4.78, 5) is 11.5. The van der Waals surface area contributed by atoms with Crippen LogP contribution in [0.1, 0.15) is 30.9 Å². The number of carbonyl (C=O) groups excluding carboxylic acids is 1. The minimum absolute atomic E-state index is 0.227. The average molecular weight is 230 g/mol. The number of aryl methyl sites for hydroxylation is 1. The van der Waals surface area contributed by atoms with Crippen LogP contribution in [0.4, 0.5) is 0 Å². The van der Waals surface area contributed by atoms with E-state index < -0.39 is 0 Å². The smallest absolute Gasteiger partial charge is 0.331 e. The molecule has 0 radical (unpaired) electrons. The summed E-state index contributed by atoms with van der Waals surface area (Å²) in [6.07, 6.45) is 4.02. The van der Waals surface area contributed by atoms with Crippen LogP contribution < -0.4 is 0 Å². The summed E-state index contributed by atoms with van der Waals surface area (Å²) in [5.41, 5.74) is 3.51. The first kappa shape index (κ1) is 11.9. The van der Waals surface area contributed by atoms with E-state index in [1.165, 1.54) is 18.4 Å². The number of carbonyl (C=O) groups is 1. The van der Waals surface area contributed by atoms with E-state index >= 15 is 0 Å². The Hall–Kier alpha value is -1.57. The average Bonchev–Trinajstić information content (AvgIpc) is 3.12. The fraction of sp³-hybridized carbons (Fsp3) is 0.400. The van der Waals surface area contributed by atoms with Crippen molar-refractivity contribution in [3.8, 4) is 0 Å². The maximum Gasteiger partial charge on any atom is 0.331 e. The maximum absolute atomic E-state index is 11.5. The summed E-state index contributed by atoms with van der Waals surface area (Å²) >= 11 is 0. The van der Waals surface area contributed by atoms with Crippen molar-refractivity contribution in [3.05, 3.63) is 41.5 Å². The molecule has 0 heterocycles. The third kappa shape index (κ3) is 3.19. The Bertz CT molecular complexity index is 425. The van der Waals surface area contributed by atoms with Crippen LogP contribution >= 0.6 is 0 Å². The van der Waals surface area contributed by atoms with Gasteiger partial charge >= 0.3 is 5.97 Å². The Labute approximate surface area is 102 Å². The number of hydrogen-bond donors (Lipinski definition) is 0. The van der Waals surface area contributed by atoms with Crippen molar-refractivity contribution in [1.29, 1.82) is 0 Å². The molecule has 2 heteroatoms. The summed E-state index contributed by atoms with van der Waals surface area (Å²) in [6.45, 7) is 4.32. The SMILES string of the molecule is CCOC(=O)/C=C(/c1ccc(C)cc1)C1CC1. The fourth-order valence-electron chi connectivity index (χ4n) is 1.89. The molecule has 2 nitrogen and oxygen atoms in total. The molecule has 0 bridgehead atoms. The van der Waals surface area contributed by atoms with Gasteiger partial charge in [-0.3, -0.25) is 0 Å². The van der Waals surface area contributed by atoms with Crippen molar-refractivity contribution in [2.24, 2.45) is 5.92 Å². The standard InChI is InChI=1S/C15H18O2/c1-3-17-15(16)10-14(13-8-9-13)12-6-4-11(2)5-7-12/h4-7,10,13H,3,8-9H2,1-2H3/b14-10-. The third-order valence-electron chi connectivity index (χ3n) is 2.96. The number of ether oxygens (including phenoxy) is 1. The molecule has 17 heavy (non-hydrogen) atoms. The van der Waals surface area contributed by atoms with E-state index in [1.807, 2.05) is 6.92 Å². The van der Waals surface area contributed by atoms with E-state index in [1.54, 1.807) is 6.08 Å². The van der Waals surface area contributed by atoms with Gasteiger partial charge in [0.1, 0.15) is 0 Å². The van der Waals surface area contributed by atoms with Crippen molar-refractivity contribution in [2.45, 2.75) is 26.7 Å². The molecule has 1 aliphatic rings. The van der Waals surface area contributed by atoms with E-state index in [2.05, 4.69) is 31.2 Å². The van der Waals surface area contributed by atoms with Gasteiger partial charge in [0.2, 0.25) is 0 Å². The highest BCUT2D eigenvalue weighted by molar-refractivity contribution is 5.92. The zero-order valence-corrected chi connectivity index (χ0v) is 10.4. The molecule has 0 N–H and O–H groups in total. The maximum atomic E-state index is 11.5. The molecule has 1 saturated carbocycles. The zero-order chi connectivity index (χ0) is 12.3. The van der Waals surface area contributed by atoms with Gasteiger partial charge < -0.3 is 4.74 Å². The Morgan fingerprint density at radius 3 is 2.53 bits per heavy atom. The number of benzene rings is 1. The molecular formula is C15H18O2. The molecule has 0 atom stereocenters. The molecule has 0 aromatic heterocycles. The lowest BCUT2D eigenvalue weighted by molar-refractivity contribution is -0.137. The van der Waals surface area contributed by atoms with Gasteiger partial charge in [-0.25, -0.2) is 4.79 Å². The second-order valence-electron chi connectivity index (χ2n) is 4.49. The molecule has 2 rings (SSSR count). The van der Waals surface area contributed by atoms with Crippen molar-refractivity contribution < 1.29 is 9.53 Å². The van der Waals surface area contributed by atoms with Gasteiger partial charge in [0.15, 0.2) is 0 Å². The van der Waals surface area contributed by atoms with Crippen molar-refractivity contribution >= 4 is 11.5 Å². The zero-order valence-electron chi connectivity index (χ0n) is 10.4. The molecule has 0 aliphatic heterocycles. The Morgan fingerprint density at radius 2 is 2.00 bits per heavy atom. The molecule has 1 fully saturated rings. The predicted octanol–water partition coefficient (Wildman–Crippen LogP) is 3.35. The number of rotatable bonds is 4. The topological polar surface area (TPSA) is 26.3 Å². The van der Waals surface area contributed by atoms with Gasteiger partial charge in [-0.1, -0.05) is 29.8 Å². The summed E-state index contributed by atoms with van der Waals surface area (Å²) in [5.74, 6) is 0.317. The minimum atomic E-state index is -0.227. The third-order valence-corrected chi connectivity index (χ3v) is 2.96. The number of esters is 1. The first-order chi connectivity index (χ1) is 8.20. The van der Waals surface area contributed by atoms with Crippen LogP contribution in [-0.2, 0) is 9.53 Å². The van der Waals surface area contributed by atoms with Crippen LogP contribution in [0.25, 0.3) is 5.57 Å². The molecule has 90 valence electrons.